The average Bonchev–Trinajstić information content (AvgIpc) is 2.84. The number of carboxylic acids is 1. The van der Waals surface area contributed by atoms with E-state index >= 15 is 0 Å². The lowest BCUT2D eigenvalue weighted by atomic mass is 9.88. The molecule has 0 atom stereocenters. The van der Waals surface area contributed by atoms with Crippen molar-refractivity contribution in [3.8, 4) is 0 Å². The summed E-state index contributed by atoms with van der Waals surface area (Å²) in [4.78, 5) is 17.0. The zero-order valence-electron chi connectivity index (χ0n) is 22.4. The maximum absolute atomic E-state index is 10.5. The zero-order chi connectivity index (χ0) is 26.4. The Balaban J connectivity index is 0.000000327. The third-order valence-corrected chi connectivity index (χ3v) is 6.25. The van der Waals surface area contributed by atoms with Crippen LogP contribution in [0.4, 0.5) is 0 Å². The van der Waals surface area contributed by atoms with Crippen LogP contribution in [0.3, 0.4) is 0 Å². The van der Waals surface area contributed by atoms with Gasteiger partial charge < -0.3 is 5.11 Å². The summed E-state index contributed by atoms with van der Waals surface area (Å²) in [6.45, 7) is 19.8. The Labute approximate surface area is 217 Å². The second kappa shape index (κ2) is 16.3. The van der Waals surface area contributed by atoms with Gasteiger partial charge in [-0.3, -0.25) is 9.88 Å². The highest BCUT2D eigenvalue weighted by molar-refractivity contribution is 6.30. The first kappa shape index (κ1) is 30.6. The van der Waals surface area contributed by atoms with Crippen molar-refractivity contribution in [2.45, 2.75) is 73.1 Å². The zero-order valence-corrected chi connectivity index (χ0v) is 23.2. The Morgan fingerprint density at radius 1 is 1.17 bits per heavy atom. The first-order valence-corrected chi connectivity index (χ1v) is 12.9. The highest BCUT2D eigenvalue weighted by Crippen LogP contribution is 2.30. The minimum Gasteiger partial charge on any atom is -0.478 e. The fraction of sp³-hybridized carbons (Fsp3) is 0.467. The van der Waals surface area contributed by atoms with E-state index in [0.29, 0.717) is 11.6 Å². The molecule has 0 unspecified atom stereocenters. The van der Waals surface area contributed by atoms with Crippen LogP contribution in [0.15, 0.2) is 54.8 Å². The third-order valence-electron chi connectivity index (χ3n) is 6.03. The maximum Gasteiger partial charge on any atom is 0.335 e. The number of allylic oxidation sites excluding steroid dienone is 2. The molecule has 0 spiro atoms. The lowest BCUT2D eigenvalue weighted by molar-refractivity contribution is 0.0696. The van der Waals surface area contributed by atoms with Crippen molar-refractivity contribution in [3.63, 3.8) is 0 Å². The van der Waals surface area contributed by atoms with E-state index < -0.39 is 5.97 Å². The van der Waals surface area contributed by atoms with Crippen molar-refractivity contribution in [1.82, 2.24) is 9.88 Å². The second-order valence-electron chi connectivity index (χ2n) is 9.26. The monoisotopic (exact) mass is 498 g/mol. The van der Waals surface area contributed by atoms with Gasteiger partial charge in [0.1, 0.15) is 0 Å². The lowest BCUT2D eigenvalue weighted by Crippen LogP contribution is -2.34. The molecule has 5 heteroatoms. The molecule has 0 radical (unpaired) electrons. The van der Waals surface area contributed by atoms with Crippen LogP contribution in [-0.4, -0.2) is 40.6 Å². The van der Waals surface area contributed by atoms with Crippen molar-refractivity contribution >= 4 is 23.1 Å². The van der Waals surface area contributed by atoms with Gasteiger partial charge in [0.15, 0.2) is 0 Å². The number of aromatic nitrogens is 1. The summed E-state index contributed by atoms with van der Waals surface area (Å²) in [7, 11) is 0. The molecule has 0 saturated carbocycles. The highest BCUT2D eigenvalue weighted by atomic mass is 35.5. The quantitative estimate of drug-likeness (QED) is 0.406. The molecule has 1 fully saturated rings. The van der Waals surface area contributed by atoms with Gasteiger partial charge >= 0.3 is 5.97 Å². The van der Waals surface area contributed by atoms with Crippen molar-refractivity contribution in [2.24, 2.45) is 0 Å². The number of benzene rings is 1. The summed E-state index contributed by atoms with van der Waals surface area (Å²) in [5, 5.41) is 9.51. The average molecular weight is 499 g/mol. The second-order valence-corrected chi connectivity index (χ2v) is 9.70. The van der Waals surface area contributed by atoms with Crippen LogP contribution in [0, 0.1) is 6.92 Å². The number of piperidine rings is 1. The van der Waals surface area contributed by atoms with Crippen molar-refractivity contribution in [2.75, 3.05) is 19.6 Å². The normalized spacial score (nSPS) is 14.3. The Morgan fingerprint density at radius 3 is 2.29 bits per heavy atom. The van der Waals surface area contributed by atoms with E-state index in [2.05, 4.69) is 69.3 Å². The summed E-state index contributed by atoms with van der Waals surface area (Å²) in [5.74, 6) is -0.264. The van der Waals surface area contributed by atoms with Crippen LogP contribution < -0.4 is 0 Å². The minimum absolute atomic E-state index is 0.239. The first-order chi connectivity index (χ1) is 16.6. The largest absolute Gasteiger partial charge is 0.478 e. The van der Waals surface area contributed by atoms with Crippen molar-refractivity contribution in [3.05, 3.63) is 82.2 Å². The highest BCUT2D eigenvalue weighted by Gasteiger charge is 2.20. The molecule has 192 valence electrons. The number of aryl methyl sites for hydroxylation is 1. The first-order valence-electron chi connectivity index (χ1n) is 12.6. The summed E-state index contributed by atoms with van der Waals surface area (Å²) < 4.78 is 0. The van der Waals surface area contributed by atoms with Gasteiger partial charge in [0.25, 0.3) is 0 Å². The molecule has 0 bridgehead atoms. The van der Waals surface area contributed by atoms with Crippen molar-refractivity contribution < 1.29 is 9.90 Å². The van der Waals surface area contributed by atoms with Crippen LogP contribution in [0.5, 0.6) is 0 Å². The van der Waals surface area contributed by atoms with E-state index in [9.17, 15) is 4.79 Å². The van der Waals surface area contributed by atoms with Gasteiger partial charge in [0.05, 0.1) is 11.3 Å². The molecule has 3 rings (SSSR count). The van der Waals surface area contributed by atoms with E-state index in [1.165, 1.54) is 73.8 Å². The van der Waals surface area contributed by atoms with Gasteiger partial charge in [0, 0.05) is 17.8 Å². The topological polar surface area (TPSA) is 53.4 Å². The van der Waals surface area contributed by atoms with Crippen molar-refractivity contribution in [1.29, 1.82) is 0 Å². The number of carboxylic acid groups (broad SMARTS) is 1. The van der Waals surface area contributed by atoms with Crippen LogP contribution in [0.1, 0.15) is 93.4 Å². The number of nitrogens with zero attached hydrogens (tertiary/aromatic N) is 2. The Bertz CT molecular complexity index is 925. The molecule has 35 heavy (non-hydrogen) atoms. The molecular weight excluding hydrogens is 456 g/mol. The van der Waals surface area contributed by atoms with Gasteiger partial charge in [-0.1, -0.05) is 62.6 Å². The summed E-state index contributed by atoms with van der Waals surface area (Å²) >= 11 is 6.17. The molecule has 0 amide bonds. The number of rotatable bonds is 6. The standard InChI is InChI=1S/C17H24ClN.C9H9NO2.C4H10/c1-4-13(2)12-19-7-5-15(6-8-19)16-9-14(3)10-17(18)11-16;1-6(2)8-5-7(9(11)12)3-4-10-8;1-3-4-2/h4,9-11,15H,5-8,12H2,1-3H3;3-5H,1H2,2H3,(H,11,12);3-4H2,1-2H3/b13-4+;;. The molecule has 1 aliphatic heterocycles. The van der Waals surface area contributed by atoms with E-state index in [0.717, 1.165) is 17.1 Å². The molecule has 1 aromatic carbocycles. The van der Waals surface area contributed by atoms with Crippen LogP contribution in [0.2, 0.25) is 5.02 Å². The van der Waals surface area contributed by atoms with Gasteiger partial charge in [-0.15, -0.1) is 0 Å². The van der Waals surface area contributed by atoms with Crippen LogP contribution in [-0.2, 0) is 0 Å². The summed E-state index contributed by atoms with van der Waals surface area (Å²) in [6.07, 6.45) is 8.81. The number of unbranched alkanes of at least 4 members (excludes halogenated alkanes) is 1. The smallest absolute Gasteiger partial charge is 0.335 e. The number of carbonyl (C=O) groups is 1. The van der Waals surface area contributed by atoms with Crippen LogP contribution in [0.25, 0.3) is 5.57 Å². The number of likely N-dealkylation sites (tertiary alicyclic amines) is 1. The SMILES string of the molecule is C/C=C(\C)CN1CCC(c2cc(C)cc(Cl)c2)CC1.C=C(C)c1cc(C(=O)O)ccn1.CCCC. The van der Waals surface area contributed by atoms with E-state index in [1.54, 1.807) is 6.92 Å². The molecular formula is C30H43ClN2O2. The minimum atomic E-state index is -0.945. The van der Waals surface area contributed by atoms with Gasteiger partial charge in [-0.05, 0) is 101 Å². The number of hydrogen-bond acceptors (Lipinski definition) is 3. The molecule has 1 aromatic heterocycles. The number of aromatic carboxylic acids is 1. The molecule has 1 saturated heterocycles. The molecule has 0 aliphatic carbocycles. The van der Waals surface area contributed by atoms with E-state index in [-0.39, 0.29) is 5.56 Å². The summed E-state index contributed by atoms with van der Waals surface area (Å²) in [6, 6.07) is 9.44. The Morgan fingerprint density at radius 2 is 1.80 bits per heavy atom. The van der Waals surface area contributed by atoms with E-state index in [1.807, 2.05) is 6.07 Å². The van der Waals surface area contributed by atoms with Gasteiger partial charge in [-0.2, -0.15) is 0 Å². The summed E-state index contributed by atoms with van der Waals surface area (Å²) in [5.41, 5.74) is 5.79. The fourth-order valence-electron chi connectivity index (χ4n) is 3.67. The van der Waals surface area contributed by atoms with Gasteiger partial charge in [0.2, 0.25) is 0 Å². The van der Waals surface area contributed by atoms with Gasteiger partial charge in [-0.25, -0.2) is 4.79 Å². The maximum atomic E-state index is 10.5. The van der Waals surface area contributed by atoms with Crippen LogP contribution >= 0.6 is 11.6 Å². The third kappa shape index (κ3) is 11.7. The number of hydrogen-bond donors (Lipinski definition) is 1. The molecule has 1 aliphatic rings. The lowest BCUT2D eigenvalue weighted by Gasteiger charge is -2.32. The predicted octanol–water partition coefficient (Wildman–Crippen LogP) is 8.41. The Hall–Kier alpha value is -2.43. The molecule has 2 aromatic rings. The fourth-order valence-corrected chi connectivity index (χ4v) is 3.96. The predicted molar refractivity (Wildman–Crippen MR) is 151 cm³/mol. The molecule has 2 heterocycles. The molecule has 4 nitrogen and oxygen atoms in total. The van der Waals surface area contributed by atoms with E-state index in [4.69, 9.17) is 16.7 Å². The number of pyridine rings is 1. The number of halogens is 1. The Kier molecular flexibility index (Phi) is 14.2. The molecule has 1 N–H and O–H groups in total.